The lowest BCUT2D eigenvalue weighted by molar-refractivity contribution is -0.125. The Morgan fingerprint density at radius 2 is 2.00 bits per heavy atom. The molecule has 0 radical (unpaired) electrons. The normalized spacial score (nSPS) is 17.4. The van der Waals surface area contributed by atoms with Crippen molar-refractivity contribution in [1.82, 2.24) is 10.6 Å². The quantitative estimate of drug-likeness (QED) is 0.623. The van der Waals surface area contributed by atoms with E-state index in [0.29, 0.717) is 13.0 Å². The summed E-state index contributed by atoms with van der Waals surface area (Å²) >= 11 is 0. The van der Waals surface area contributed by atoms with Crippen LogP contribution in [0.3, 0.4) is 0 Å². The SMILES string of the molecule is CCC(CO)NC(=O)CCNC(=O)C1CCCC1. The second-order valence-electron chi connectivity index (χ2n) is 4.88. The summed E-state index contributed by atoms with van der Waals surface area (Å²) in [6, 6.07) is -0.178. The van der Waals surface area contributed by atoms with Crippen LogP contribution in [0.15, 0.2) is 0 Å². The largest absolute Gasteiger partial charge is 0.394 e. The first kappa shape index (κ1) is 15.0. The third kappa shape index (κ3) is 5.04. The van der Waals surface area contributed by atoms with Crippen LogP contribution in [0.5, 0.6) is 0 Å². The van der Waals surface area contributed by atoms with Gasteiger partial charge in [-0.25, -0.2) is 0 Å². The molecule has 1 aliphatic carbocycles. The van der Waals surface area contributed by atoms with Gasteiger partial charge in [0.1, 0.15) is 0 Å². The van der Waals surface area contributed by atoms with E-state index in [0.717, 1.165) is 25.7 Å². The smallest absolute Gasteiger partial charge is 0.223 e. The maximum atomic E-state index is 11.7. The first-order chi connectivity index (χ1) is 8.67. The van der Waals surface area contributed by atoms with Gasteiger partial charge in [-0.2, -0.15) is 0 Å². The number of hydrogen-bond donors (Lipinski definition) is 3. The number of nitrogens with one attached hydrogen (secondary N) is 2. The molecule has 0 saturated heterocycles. The topological polar surface area (TPSA) is 78.4 Å². The Morgan fingerprint density at radius 3 is 2.56 bits per heavy atom. The minimum atomic E-state index is -0.178. The second kappa shape index (κ2) is 8.08. The third-order valence-electron chi connectivity index (χ3n) is 3.46. The number of amides is 2. The van der Waals surface area contributed by atoms with Gasteiger partial charge in [-0.05, 0) is 19.3 Å². The molecule has 3 N–H and O–H groups in total. The molecule has 0 aromatic heterocycles. The highest BCUT2D eigenvalue weighted by Gasteiger charge is 2.22. The van der Waals surface area contributed by atoms with E-state index < -0.39 is 0 Å². The molecular formula is C13H24N2O3. The molecule has 0 aliphatic heterocycles. The number of carbonyl (C=O) groups excluding carboxylic acids is 2. The summed E-state index contributed by atoms with van der Waals surface area (Å²) in [7, 11) is 0. The van der Waals surface area contributed by atoms with E-state index in [-0.39, 0.29) is 36.8 Å². The molecule has 0 spiro atoms. The fourth-order valence-corrected chi connectivity index (χ4v) is 2.21. The van der Waals surface area contributed by atoms with E-state index in [9.17, 15) is 9.59 Å². The summed E-state index contributed by atoms with van der Waals surface area (Å²) < 4.78 is 0. The summed E-state index contributed by atoms with van der Waals surface area (Å²) in [6.07, 6.45) is 5.19. The van der Waals surface area contributed by atoms with Gasteiger partial charge in [0.2, 0.25) is 11.8 Å². The Kier molecular flexibility index (Phi) is 6.72. The van der Waals surface area contributed by atoms with Crippen LogP contribution in [-0.2, 0) is 9.59 Å². The Hall–Kier alpha value is -1.10. The van der Waals surface area contributed by atoms with Crippen LogP contribution < -0.4 is 10.6 Å². The zero-order valence-electron chi connectivity index (χ0n) is 11.1. The van der Waals surface area contributed by atoms with Crippen molar-refractivity contribution in [3.05, 3.63) is 0 Å². The fraction of sp³-hybridized carbons (Fsp3) is 0.846. The zero-order valence-corrected chi connectivity index (χ0v) is 11.1. The van der Waals surface area contributed by atoms with Crippen LogP contribution in [0.1, 0.15) is 45.4 Å². The fourth-order valence-electron chi connectivity index (χ4n) is 2.21. The van der Waals surface area contributed by atoms with E-state index in [4.69, 9.17) is 5.11 Å². The highest BCUT2D eigenvalue weighted by molar-refractivity contribution is 5.80. The monoisotopic (exact) mass is 256 g/mol. The van der Waals surface area contributed by atoms with Crippen LogP contribution in [-0.4, -0.2) is 36.1 Å². The third-order valence-corrected chi connectivity index (χ3v) is 3.46. The molecule has 104 valence electrons. The molecule has 1 fully saturated rings. The van der Waals surface area contributed by atoms with Gasteiger partial charge in [0.25, 0.3) is 0 Å². The van der Waals surface area contributed by atoms with Gasteiger partial charge in [-0.3, -0.25) is 9.59 Å². The lowest BCUT2D eigenvalue weighted by Crippen LogP contribution is -2.39. The van der Waals surface area contributed by atoms with Crippen molar-refractivity contribution in [2.24, 2.45) is 5.92 Å². The number of rotatable bonds is 7. The molecule has 5 heteroatoms. The van der Waals surface area contributed by atoms with Gasteiger partial charge in [0, 0.05) is 18.9 Å². The first-order valence-corrected chi connectivity index (χ1v) is 6.85. The molecule has 1 aliphatic rings. The van der Waals surface area contributed by atoms with Crippen molar-refractivity contribution in [2.75, 3.05) is 13.2 Å². The lowest BCUT2D eigenvalue weighted by Gasteiger charge is -2.14. The summed E-state index contributed by atoms with van der Waals surface area (Å²) in [5.74, 6) is 0.103. The highest BCUT2D eigenvalue weighted by atomic mass is 16.3. The minimum Gasteiger partial charge on any atom is -0.394 e. The van der Waals surface area contributed by atoms with Gasteiger partial charge in [-0.15, -0.1) is 0 Å². The van der Waals surface area contributed by atoms with E-state index in [2.05, 4.69) is 10.6 Å². The maximum Gasteiger partial charge on any atom is 0.223 e. The van der Waals surface area contributed by atoms with Gasteiger partial charge in [-0.1, -0.05) is 19.8 Å². The maximum absolute atomic E-state index is 11.7. The van der Waals surface area contributed by atoms with Crippen molar-refractivity contribution >= 4 is 11.8 Å². The van der Waals surface area contributed by atoms with Gasteiger partial charge in [0.15, 0.2) is 0 Å². The lowest BCUT2D eigenvalue weighted by atomic mass is 10.1. The van der Waals surface area contributed by atoms with Crippen molar-refractivity contribution in [3.63, 3.8) is 0 Å². The number of carbonyl (C=O) groups is 2. The Morgan fingerprint density at radius 1 is 1.33 bits per heavy atom. The molecule has 2 amide bonds. The van der Waals surface area contributed by atoms with Gasteiger partial charge >= 0.3 is 0 Å². The molecule has 0 aromatic carbocycles. The molecule has 1 rings (SSSR count). The average Bonchev–Trinajstić information content (AvgIpc) is 2.89. The van der Waals surface area contributed by atoms with Crippen LogP contribution in [0.4, 0.5) is 0 Å². The van der Waals surface area contributed by atoms with Crippen molar-refractivity contribution in [3.8, 4) is 0 Å². The highest BCUT2D eigenvalue weighted by Crippen LogP contribution is 2.24. The van der Waals surface area contributed by atoms with Crippen LogP contribution in [0.25, 0.3) is 0 Å². The van der Waals surface area contributed by atoms with Crippen LogP contribution in [0.2, 0.25) is 0 Å². The molecule has 1 saturated carbocycles. The Balaban J connectivity index is 2.12. The molecule has 1 unspecified atom stereocenters. The predicted molar refractivity (Wildman–Crippen MR) is 68.9 cm³/mol. The summed E-state index contributed by atoms with van der Waals surface area (Å²) in [4.78, 5) is 23.2. The zero-order chi connectivity index (χ0) is 13.4. The van der Waals surface area contributed by atoms with Crippen LogP contribution >= 0.6 is 0 Å². The van der Waals surface area contributed by atoms with E-state index in [1.54, 1.807) is 0 Å². The molecule has 0 bridgehead atoms. The first-order valence-electron chi connectivity index (χ1n) is 6.85. The predicted octanol–water partition coefficient (Wildman–Crippen LogP) is 0.570. The average molecular weight is 256 g/mol. The molecule has 0 heterocycles. The Labute approximate surface area is 108 Å². The van der Waals surface area contributed by atoms with Crippen molar-refractivity contribution in [2.45, 2.75) is 51.5 Å². The van der Waals surface area contributed by atoms with Crippen LogP contribution in [0, 0.1) is 5.92 Å². The number of aliphatic hydroxyl groups excluding tert-OH is 1. The van der Waals surface area contributed by atoms with Gasteiger partial charge in [0.05, 0.1) is 12.6 Å². The van der Waals surface area contributed by atoms with Crippen molar-refractivity contribution < 1.29 is 14.7 Å². The minimum absolute atomic E-state index is 0.0450. The van der Waals surface area contributed by atoms with E-state index >= 15 is 0 Å². The molecule has 1 atom stereocenters. The van der Waals surface area contributed by atoms with E-state index in [1.165, 1.54) is 0 Å². The van der Waals surface area contributed by atoms with E-state index in [1.807, 2.05) is 6.92 Å². The summed E-state index contributed by atoms with van der Waals surface area (Å²) in [5.41, 5.74) is 0. The number of hydrogen-bond acceptors (Lipinski definition) is 3. The van der Waals surface area contributed by atoms with Gasteiger partial charge < -0.3 is 15.7 Å². The molecule has 18 heavy (non-hydrogen) atoms. The molecule has 5 nitrogen and oxygen atoms in total. The summed E-state index contributed by atoms with van der Waals surface area (Å²) in [5, 5.41) is 14.5. The molecular weight excluding hydrogens is 232 g/mol. The summed E-state index contributed by atoms with van der Waals surface area (Å²) in [6.45, 7) is 2.24. The standard InChI is InChI=1S/C13H24N2O3/c1-2-11(9-16)15-12(17)7-8-14-13(18)10-5-3-4-6-10/h10-11,16H,2-9H2,1H3,(H,14,18)(H,15,17). The molecule has 0 aromatic rings. The number of aliphatic hydroxyl groups is 1. The van der Waals surface area contributed by atoms with Crippen molar-refractivity contribution in [1.29, 1.82) is 0 Å². The Bertz CT molecular complexity index is 271. The second-order valence-corrected chi connectivity index (χ2v) is 4.88.